The first kappa shape index (κ1) is 13.4. The van der Waals surface area contributed by atoms with Gasteiger partial charge in [0.2, 0.25) is 5.91 Å². The summed E-state index contributed by atoms with van der Waals surface area (Å²) >= 11 is 0. The van der Waals surface area contributed by atoms with Gasteiger partial charge in [0, 0.05) is 12.0 Å². The van der Waals surface area contributed by atoms with Crippen LogP contribution in [0.5, 0.6) is 0 Å². The SMILES string of the molecule is CCCCCC(=O)Nc1ccccc1C(C)=O. The van der Waals surface area contributed by atoms with Gasteiger partial charge in [-0.05, 0) is 25.5 Å². The largest absolute Gasteiger partial charge is 0.325 e. The highest BCUT2D eigenvalue weighted by molar-refractivity contribution is 6.03. The van der Waals surface area contributed by atoms with Crippen molar-refractivity contribution in [1.82, 2.24) is 0 Å². The number of amides is 1. The highest BCUT2D eigenvalue weighted by atomic mass is 16.1. The van der Waals surface area contributed by atoms with Gasteiger partial charge in [-0.3, -0.25) is 9.59 Å². The Morgan fingerprint density at radius 1 is 1.18 bits per heavy atom. The normalized spacial score (nSPS) is 10.0. The molecule has 1 N–H and O–H groups in total. The zero-order valence-corrected chi connectivity index (χ0v) is 10.5. The fourth-order valence-corrected chi connectivity index (χ4v) is 1.65. The summed E-state index contributed by atoms with van der Waals surface area (Å²) in [6.07, 6.45) is 3.56. The fraction of sp³-hybridized carbons (Fsp3) is 0.429. The smallest absolute Gasteiger partial charge is 0.224 e. The lowest BCUT2D eigenvalue weighted by Crippen LogP contribution is -2.13. The zero-order valence-electron chi connectivity index (χ0n) is 10.5. The Balaban J connectivity index is 2.61. The summed E-state index contributed by atoms with van der Waals surface area (Å²) < 4.78 is 0. The summed E-state index contributed by atoms with van der Waals surface area (Å²) in [4.78, 5) is 23.0. The van der Waals surface area contributed by atoms with Gasteiger partial charge in [-0.1, -0.05) is 31.9 Å². The minimum absolute atomic E-state index is 0.0212. The molecule has 0 atom stereocenters. The monoisotopic (exact) mass is 233 g/mol. The molecule has 0 saturated carbocycles. The Labute approximate surface area is 102 Å². The molecule has 0 aliphatic heterocycles. The Hall–Kier alpha value is -1.64. The zero-order chi connectivity index (χ0) is 12.7. The number of hydrogen-bond acceptors (Lipinski definition) is 2. The second-order valence-electron chi connectivity index (χ2n) is 4.11. The van der Waals surface area contributed by atoms with Crippen LogP contribution in [0.4, 0.5) is 5.69 Å². The van der Waals surface area contributed by atoms with Crippen LogP contribution in [-0.2, 0) is 4.79 Å². The molecule has 1 aromatic carbocycles. The molecule has 0 saturated heterocycles. The second kappa shape index (κ2) is 6.84. The lowest BCUT2D eigenvalue weighted by molar-refractivity contribution is -0.116. The van der Waals surface area contributed by atoms with Crippen LogP contribution in [0.2, 0.25) is 0 Å². The third kappa shape index (κ3) is 4.39. The Morgan fingerprint density at radius 2 is 1.88 bits per heavy atom. The lowest BCUT2D eigenvalue weighted by atomic mass is 10.1. The topological polar surface area (TPSA) is 46.2 Å². The molecule has 1 amide bonds. The van der Waals surface area contributed by atoms with Crippen LogP contribution in [0.1, 0.15) is 49.9 Å². The van der Waals surface area contributed by atoms with Crippen LogP contribution in [-0.4, -0.2) is 11.7 Å². The molecule has 3 heteroatoms. The van der Waals surface area contributed by atoms with Crippen molar-refractivity contribution in [2.24, 2.45) is 0 Å². The number of ketones is 1. The van der Waals surface area contributed by atoms with Gasteiger partial charge in [-0.15, -0.1) is 0 Å². The molecule has 92 valence electrons. The van der Waals surface area contributed by atoms with Crippen LogP contribution in [0, 0.1) is 0 Å². The third-order valence-electron chi connectivity index (χ3n) is 2.59. The Morgan fingerprint density at radius 3 is 2.53 bits per heavy atom. The maximum absolute atomic E-state index is 11.6. The lowest BCUT2D eigenvalue weighted by Gasteiger charge is -2.08. The molecular weight excluding hydrogens is 214 g/mol. The number of nitrogens with one attached hydrogen (secondary N) is 1. The van der Waals surface area contributed by atoms with Gasteiger partial charge in [-0.25, -0.2) is 0 Å². The highest BCUT2D eigenvalue weighted by Gasteiger charge is 2.08. The molecule has 0 aliphatic rings. The first-order chi connectivity index (χ1) is 8.15. The van der Waals surface area contributed by atoms with Crippen molar-refractivity contribution in [2.45, 2.75) is 39.5 Å². The average molecular weight is 233 g/mol. The number of anilines is 1. The molecule has 0 bridgehead atoms. The van der Waals surface area contributed by atoms with Crippen molar-refractivity contribution in [3.63, 3.8) is 0 Å². The van der Waals surface area contributed by atoms with E-state index in [0.29, 0.717) is 17.7 Å². The quantitative estimate of drug-likeness (QED) is 0.604. The van der Waals surface area contributed by atoms with Gasteiger partial charge in [0.05, 0.1) is 5.69 Å². The summed E-state index contributed by atoms with van der Waals surface area (Å²) in [5.74, 6) is -0.0541. The number of carbonyl (C=O) groups excluding carboxylic acids is 2. The second-order valence-corrected chi connectivity index (χ2v) is 4.11. The summed E-state index contributed by atoms with van der Waals surface area (Å²) in [6, 6.07) is 7.09. The predicted octanol–water partition coefficient (Wildman–Crippen LogP) is 3.41. The molecule has 0 spiro atoms. The van der Waals surface area contributed by atoms with Gasteiger partial charge in [0.1, 0.15) is 0 Å². The van der Waals surface area contributed by atoms with Crippen molar-refractivity contribution < 1.29 is 9.59 Å². The van der Waals surface area contributed by atoms with E-state index in [9.17, 15) is 9.59 Å². The molecule has 17 heavy (non-hydrogen) atoms. The van der Waals surface area contributed by atoms with Crippen LogP contribution in [0.3, 0.4) is 0 Å². The number of para-hydroxylation sites is 1. The highest BCUT2D eigenvalue weighted by Crippen LogP contribution is 2.16. The Bertz CT molecular complexity index is 399. The van der Waals surface area contributed by atoms with Crippen molar-refractivity contribution in [3.05, 3.63) is 29.8 Å². The fourth-order valence-electron chi connectivity index (χ4n) is 1.65. The van der Waals surface area contributed by atoms with E-state index in [1.54, 1.807) is 18.2 Å². The number of benzene rings is 1. The van der Waals surface area contributed by atoms with E-state index in [-0.39, 0.29) is 11.7 Å². The summed E-state index contributed by atoms with van der Waals surface area (Å²) in [6.45, 7) is 3.60. The molecule has 0 radical (unpaired) electrons. The van der Waals surface area contributed by atoms with Gasteiger partial charge in [0.15, 0.2) is 5.78 Å². The number of carbonyl (C=O) groups is 2. The van der Waals surface area contributed by atoms with Gasteiger partial charge >= 0.3 is 0 Å². The average Bonchev–Trinajstić information content (AvgIpc) is 2.29. The van der Waals surface area contributed by atoms with Crippen LogP contribution >= 0.6 is 0 Å². The first-order valence-corrected chi connectivity index (χ1v) is 6.05. The molecule has 0 aromatic heterocycles. The number of unbranched alkanes of at least 4 members (excludes halogenated alkanes) is 2. The standard InChI is InChI=1S/C14H19NO2/c1-3-4-5-10-14(17)15-13-9-7-6-8-12(13)11(2)16/h6-9H,3-5,10H2,1-2H3,(H,15,17). The van der Waals surface area contributed by atoms with E-state index in [1.807, 2.05) is 6.07 Å². The van der Waals surface area contributed by atoms with Crippen LogP contribution in [0.25, 0.3) is 0 Å². The van der Waals surface area contributed by atoms with E-state index in [2.05, 4.69) is 12.2 Å². The van der Waals surface area contributed by atoms with Gasteiger partial charge in [0.25, 0.3) is 0 Å². The number of Topliss-reactive ketones (excluding diaryl/α,β-unsaturated/α-hetero) is 1. The minimum atomic E-state index is -0.0329. The molecule has 1 aromatic rings. The molecule has 0 fully saturated rings. The third-order valence-corrected chi connectivity index (χ3v) is 2.59. The van der Waals surface area contributed by atoms with Crippen molar-refractivity contribution in [3.8, 4) is 0 Å². The maximum atomic E-state index is 11.6. The summed E-state index contributed by atoms with van der Waals surface area (Å²) in [5.41, 5.74) is 1.18. The van der Waals surface area contributed by atoms with Crippen LogP contribution in [0.15, 0.2) is 24.3 Å². The molecule has 0 unspecified atom stereocenters. The molecule has 3 nitrogen and oxygen atoms in total. The molecule has 1 rings (SSSR count). The van der Waals surface area contributed by atoms with E-state index in [4.69, 9.17) is 0 Å². The van der Waals surface area contributed by atoms with E-state index < -0.39 is 0 Å². The molecule has 0 aliphatic carbocycles. The Kier molecular flexibility index (Phi) is 5.40. The van der Waals surface area contributed by atoms with Gasteiger partial charge < -0.3 is 5.32 Å². The van der Waals surface area contributed by atoms with Crippen molar-refractivity contribution >= 4 is 17.4 Å². The van der Waals surface area contributed by atoms with Gasteiger partial charge in [-0.2, -0.15) is 0 Å². The maximum Gasteiger partial charge on any atom is 0.224 e. The summed E-state index contributed by atoms with van der Waals surface area (Å²) in [5, 5.41) is 2.79. The van der Waals surface area contributed by atoms with Crippen molar-refractivity contribution in [2.75, 3.05) is 5.32 Å². The number of rotatable bonds is 6. The van der Waals surface area contributed by atoms with E-state index >= 15 is 0 Å². The first-order valence-electron chi connectivity index (χ1n) is 6.05. The predicted molar refractivity (Wildman–Crippen MR) is 69.2 cm³/mol. The van der Waals surface area contributed by atoms with E-state index in [0.717, 1.165) is 19.3 Å². The number of hydrogen-bond donors (Lipinski definition) is 1. The van der Waals surface area contributed by atoms with E-state index in [1.165, 1.54) is 6.92 Å². The van der Waals surface area contributed by atoms with Crippen LogP contribution < -0.4 is 5.32 Å². The summed E-state index contributed by atoms with van der Waals surface area (Å²) in [7, 11) is 0. The minimum Gasteiger partial charge on any atom is -0.325 e. The molecular formula is C14H19NO2. The van der Waals surface area contributed by atoms with Crippen molar-refractivity contribution in [1.29, 1.82) is 0 Å². The molecule has 0 heterocycles.